The molecule has 0 aliphatic carbocycles. The maximum absolute atomic E-state index is 5.58. The summed E-state index contributed by atoms with van der Waals surface area (Å²) in [5.41, 5.74) is 5.58. The van der Waals surface area contributed by atoms with Gasteiger partial charge in [-0.05, 0) is 29.0 Å². The Morgan fingerprint density at radius 1 is 1.05 bits per heavy atom. The Hall–Kier alpha value is -1.94. The Kier molecular flexibility index (Phi) is 3.42. The molecule has 19 heavy (non-hydrogen) atoms. The van der Waals surface area contributed by atoms with Gasteiger partial charge < -0.3 is 5.73 Å². The van der Waals surface area contributed by atoms with Crippen LogP contribution in [0.3, 0.4) is 0 Å². The third-order valence-electron chi connectivity index (χ3n) is 2.97. The second-order valence-electron chi connectivity index (χ2n) is 4.36. The van der Waals surface area contributed by atoms with Crippen LogP contribution in [-0.4, -0.2) is 15.5 Å². The van der Waals surface area contributed by atoms with Crippen molar-refractivity contribution in [3.05, 3.63) is 54.7 Å². The Morgan fingerprint density at radius 2 is 1.89 bits per heavy atom. The summed E-state index contributed by atoms with van der Waals surface area (Å²) in [5, 5.41) is 6.74. The molecular formula is C15H15N3S. The van der Waals surface area contributed by atoms with E-state index in [0.717, 1.165) is 12.3 Å². The summed E-state index contributed by atoms with van der Waals surface area (Å²) in [6.07, 6.45) is 1.91. The average Bonchev–Trinajstić information content (AvgIpc) is 2.84. The predicted octanol–water partition coefficient (Wildman–Crippen LogP) is 3.41. The quantitative estimate of drug-likeness (QED) is 0.738. The summed E-state index contributed by atoms with van der Waals surface area (Å²) in [6, 6.07) is 16.8. The maximum Gasteiger partial charge on any atom is 0.145 e. The molecule has 3 rings (SSSR count). The highest BCUT2D eigenvalue weighted by atomic mass is 32.2. The first-order valence-electron chi connectivity index (χ1n) is 6.22. The SMILES string of the molecule is Nc1ccn(CCSc2ccc3ccccc3c2)n1. The predicted molar refractivity (Wildman–Crippen MR) is 81.3 cm³/mol. The summed E-state index contributed by atoms with van der Waals surface area (Å²) < 4.78 is 1.88. The molecule has 0 radical (unpaired) electrons. The second kappa shape index (κ2) is 5.36. The van der Waals surface area contributed by atoms with Crippen LogP contribution in [0.4, 0.5) is 5.82 Å². The first-order chi connectivity index (χ1) is 9.31. The minimum absolute atomic E-state index is 0.579. The Morgan fingerprint density at radius 3 is 2.68 bits per heavy atom. The molecule has 0 atom stereocenters. The second-order valence-corrected chi connectivity index (χ2v) is 5.53. The van der Waals surface area contributed by atoms with Crippen molar-refractivity contribution in [3.63, 3.8) is 0 Å². The van der Waals surface area contributed by atoms with Crippen LogP contribution in [0, 0.1) is 0 Å². The van der Waals surface area contributed by atoms with Gasteiger partial charge in [-0.1, -0.05) is 30.3 Å². The largest absolute Gasteiger partial charge is 0.382 e. The van der Waals surface area contributed by atoms with Gasteiger partial charge in [0.15, 0.2) is 0 Å². The summed E-state index contributed by atoms with van der Waals surface area (Å²) in [5.74, 6) is 1.56. The fourth-order valence-corrected chi connectivity index (χ4v) is 2.90. The summed E-state index contributed by atoms with van der Waals surface area (Å²) in [4.78, 5) is 1.29. The number of fused-ring (bicyclic) bond motifs is 1. The lowest BCUT2D eigenvalue weighted by molar-refractivity contribution is 0.669. The number of hydrogen-bond donors (Lipinski definition) is 1. The van der Waals surface area contributed by atoms with E-state index in [1.807, 2.05) is 28.7 Å². The van der Waals surface area contributed by atoms with Crippen molar-refractivity contribution in [1.29, 1.82) is 0 Å². The molecule has 0 fully saturated rings. The van der Waals surface area contributed by atoms with Gasteiger partial charge >= 0.3 is 0 Å². The van der Waals surface area contributed by atoms with Crippen LogP contribution in [0.15, 0.2) is 59.6 Å². The lowest BCUT2D eigenvalue weighted by atomic mass is 10.1. The summed E-state index contributed by atoms with van der Waals surface area (Å²) in [6.45, 7) is 0.870. The van der Waals surface area contributed by atoms with Crippen molar-refractivity contribution in [2.24, 2.45) is 0 Å². The maximum atomic E-state index is 5.58. The highest BCUT2D eigenvalue weighted by Gasteiger charge is 1.99. The lowest BCUT2D eigenvalue weighted by Crippen LogP contribution is -2.01. The van der Waals surface area contributed by atoms with Crippen LogP contribution >= 0.6 is 11.8 Å². The monoisotopic (exact) mass is 269 g/mol. The van der Waals surface area contributed by atoms with Gasteiger partial charge in [0.05, 0.1) is 6.54 Å². The summed E-state index contributed by atoms with van der Waals surface area (Å²) in [7, 11) is 0. The van der Waals surface area contributed by atoms with E-state index in [-0.39, 0.29) is 0 Å². The zero-order valence-corrected chi connectivity index (χ0v) is 11.3. The van der Waals surface area contributed by atoms with Crippen molar-refractivity contribution in [1.82, 2.24) is 9.78 Å². The van der Waals surface area contributed by atoms with Crippen molar-refractivity contribution in [2.75, 3.05) is 11.5 Å². The molecule has 0 aliphatic heterocycles. The summed E-state index contributed by atoms with van der Waals surface area (Å²) >= 11 is 1.84. The van der Waals surface area contributed by atoms with Gasteiger partial charge in [0, 0.05) is 16.8 Å². The van der Waals surface area contributed by atoms with E-state index >= 15 is 0 Å². The molecule has 0 spiro atoms. The number of nitrogens with two attached hydrogens (primary N) is 1. The number of nitrogens with zero attached hydrogens (tertiary/aromatic N) is 2. The van der Waals surface area contributed by atoms with Gasteiger partial charge in [0.2, 0.25) is 0 Å². The van der Waals surface area contributed by atoms with E-state index in [1.54, 1.807) is 0 Å². The molecule has 0 unspecified atom stereocenters. The molecule has 0 aliphatic rings. The molecule has 2 N–H and O–H groups in total. The van der Waals surface area contributed by atoms with Crippen LogP contribution < -0.4 is 5.73 Å². The van der Waals surface area contributed by atoms with Crippen molar-refractivity contribution in [3.8, 4) is 0 Å². The smallest absolute Gasteiger partial charge is 0.145 e. The zero-order chi connectivity index (χ0) is 13.1. The molecule has 3 nitrogen and oxygen atoms in total. The van der Waals surface area contributed by atoms with Gasteiger partial charge in [-0.15, -0.1) is 11.8 Å². The van der Waals surface area contributed by atoms with E-state index in [9.17, 15) is 0 Å². The standard InChI is InChI=1S/C15H15N3S/c16-15-7-8-18(17-15)9-10-19-14-6-5-12-3-1-2-4-13(12)11-14/h1-8,11H,9-10H2,(H2,16,17). The molecular weight excluding hydrogens is 254 g/mol. The van der Waals surface area contributed by atoms with Crippen LogP contribution in [-0.2, 0) is 6.54 Å². The number of hydrogen-bond acceptors (Lipinski definition) is 3. The topological polar surface area (TPSA) is 43.8 Å². The van der Waals surface area contributed by atoms with Crippen molar-refractivity contribution in [2.45, 2.75) is 11.4 Å². The minimum atomic E-state index is 0.579. The molecule has 3 aromatic rings. The van der Waals surface area contributed by atoms with Crippen LogP contribution in [0.2, 0.25) is 0 Å². The molecule has 96 valence electrons. The molecule has 2 aromatic carbocycles. The van der Waals surface area contributed by atoms with E-state index in [1.165, 1.54) is 15.7 Å². The number of nitrogen functional groups attached to an aromatic ring is 1. The van der Waals surface area contributed by atoms with Crippen molar-refractivity contribution >= 4 is 28.4 Å². The Balaban J connectivity index is 1.65. The molecule has 0 amide bonds. The molecule has 0 saturated carbocycles. The molecule has 4 heteroatoms. The van der Waals surface area contributed by atoms with E-state index in [4.69, 9.17) is 5.73 Å². The van der Waals surface area contributed by atoms with E-state index in [0.29, 0.717) is 5.82 Å². The fourth-order valence-electron chi connectivity index (χ4n) is 2.02. The molecule has 0 saturated heterocycles. The van der Waals surface area contributed by atoms with Gasteiger partial charge in [0.25, 0.3) is 0 Å². The highest BCUT2D eigenvalue weighted by molar-refractivity contribution is 7.99. The van der Waals surface area contributed by atoms with Crippen molar-refractivity contribution < 1.29 is 0 Å². The van der Waals surface area contributed by atoms with Gasteiger partial charge in [-0.25, -0.2) is 0 Å². The number of thioether (sulfide) groups is 1. The van der Waals surface area contributed by atoms with Crippen LogP contribution in [0.1, 0.15) is 0 Å². The van der Waals surface area contributed by atoms with Crippen LogP contribution in [0.5, 0.6) is 0 Å². The van der Waals surface area contributed by atoms with Crippen LogP contribution in [0.25, 0.3) is 10.8 Å². The molecule has 0 bridgehead atoms. The highest BCUT2D eigenvalue weighted by Crippen LogP contribution is 2.23. The third-order valence-corrected chi connectivity index (χ3v) is 3.95. The van der Waals surface area contributed by atoms with Gasteiger partial charge in [-0.2, -0.15) is 5.10 Å². The third kappa shape index (κ3) is 2.90. The first kappa shape index (κ1) is 12.1. The Bertz CT molecular complexity index is 690. The Labute approximate surface area is 116 Å². The minimum Gasteiger partial charge on any atom is -0.382 e. The number of aryl methyl sites for hydroxylation is 1. The number of rotatable bonds is 4. The number of aromatic nitrogens is 2. The normalized spacial score (nSPS) is 10.9. The number of anilines is 1. The average molecular weight is 269 g/mol. The van der Waals surface area contributed by atoms with E-state index in [2.05, 4.69) is 47.6 Å². The zero-order valence-electron chi connectivity index (χ0n) is 10.5. The lowest BCUT2D eigenvalue weighted by Gasteiger charge is -2.04. The van der Waals surface area contributed by atoms with Gasteiger partial charge in [0.1, 0.15) is 5.82 Å². The first-order valence-corrected chi connectivity index (χ1v) is 7.20. The molecule has 1 aromatic heterocycles. The van der Waals surface area contributed by atoms with E-state index < -0.39 is 0 Å². The van der Waals surface area contributed by atoms with Gasteiger partial charge in [-0.3, -0.25) is 4.68 Å². The molecule has 1 heterocycles. The fraction of sp³-hybridized carbons (Fsp3) is 0.133. The number of benzene rings is 2.